The largest absolute Gasteiger partial charge is 0.381 e. The van der Waals surface area contributed by atoms with Crippen molar-refractivity contribution in [1.82, 2.24) is 10.2 Å². The van der Waals surface area contributed by atoms with Gasteiger partial charge in [0.1, 0.15) is 0 Å². The van der Waals surface area contributed by atoms with Gasteiger partial charge in [-0.2, -0.15) is 0 Å². The van der Waals surface area contributed by atoms with Crippen molar-refractivity contribution in [1.29, 1.82) is 0 Å². The molecule has 5 heteroatoms. The minimum absolute atomic E-state index is 0. The molecule has 124 valence electrons. The van der Waals surface area contributed by atoms with Gasteiger partial charge in [0.2, 0.25) is 0 Å². The third-order valence-corrected chi connectivity index (χ3v) is 3.90. The molecule has 1 fully saturated rings. The van der Waals surface area contributed by atoms with Crippen LogP contribution in [0.4, 0.5) is 0 Å². The summed E-state index contributed by atoms with van der Waals surface area (Å²) >= 11 is 0. The first-order chi connectivity index (χ1) is 10.3. The molecule has 0 saturated carbocycles. The molecule has 4 nitrogen and oxygen atoms in total. The Labute approximate surface area is 151 Å². The number of hydrogen-bond donors (Lipinski definition) is 1. The predicted molar refractivity (Wildman–Crippen MR) is 103 cm³/mol. The Morgan fingerprint density at radius 2 is 2.14 bits per heavy atom. The second kappa shape index (κ2) is 10.8. The number of nitrogens with one attached hydrogen (secondary N) is 1. The lowest BCUT2D eigenvalue weighted by Gasteiger charge is -2.24. The highest BCUT2D eigenvalue weighted by atomic mass is 127. The molecule has 0 aliphatic carbocycles. The topological polar surface area (TPSA) is 36.9 Å². The molecule has 0 bridgehead atoms. The molecular weight excluding hydrogens is 389 g/mol. The summed E-state index contributed by atoms with van der Waals surface area (Å²) in [5.74, 6) is 1.62. The lowest BCUT2D eigenvalue weighted by atomic mass is 10.1. The maximum atomic E-state index is 5.43. The van der Waals surface area contributed by atoms with Crippen LogP contribution < -0.4 is 5.32 Å². The van der Waals surface area contributed by atoms with Gasteiger partial charge in [0, 0.05) is 39.7 Å². The summed E-state index contributed by atoms with van der Waals surface area (Å²) in [4.78, 5) is 6.58. The zero-order valence-corrected chi connectivity index (χ0v) is 16.0. The average Bonchev–Trinajstić information content (AvgIpc) is 3.01. The average molecular weight is 417 g/mol. The van der Waals surface area contributed by atoms with Gasteiger partial charge in [-0.25, -0.2) is 0 Å². The van der Waals surface area contributed by atoms with Crippen LogP contribution in [0.3, 0.4) is 0 Å². The van der Waals surface area contributed by atoms with Crippen molar-refractivity contribution >= 4 is 29.9 Å². The Balaban J connectivity index is 0.00000242. The van der Waals surface area contributed by atoms with Crippen molar-refractivity contribution in [2.75, 3.05) is 40.4 Å². The number of rotatable bonds is 6. The number of aryl methyl sites for hydroxylation is 1. The van der Waals surface area contributed by atoms with Gasteiger partial charge in [0.25, 0.3) is 0 Å². The summed E-state index contributed by atoms with van der Waals surface area (Å²) in [7, 11) is 3.95. The fourth-order valence-corrected chi connectivity index (χ4v) is 2.72. The van der Waals surface area contributed by atoms with Gasteiger partial charge in [0.05, 0.1) is 6.61 Å². The van der Waals surface area contributed by atoms with Crippen LogP contribution in [-0.2, 0) is 11.2 Å². The van der Waals surface area contributed by atoms with Crippen LogP contribution in [0.2, 0.25) is 0 Å². The molecule has 2 rings (SSSR count). The van der Waals surface area contributed by atoms with Gasteiger partial charge in [-0.1, -0.05) is 30.3 Å². The van der Waals surface area contributed by atoms with E-state index in [1.807, 2.05) is 7.05 Å². The van der Waals surface area contributed by atoms with Crippen LogP contribution in [0.5, 0.6) is 0 Å². The van der Waals surface area contributed by atoms with Crippen LogP contribution in [0.15, 0.2) is 35.3 Å². The quantitative estimate of drug-likeness (QED) is 0.335. The van der Waals surface area contributed by atoms with Crippen LogP contribution in [0.1, 0.15) is 18.4 Å². The molecule has 1 atom stereocenters. The minimum Gasteiger partial charge on any atom is -0.381 e. The van der Waals surface area contributed by atoms with E-state index in [1.54, 1.807) is 0 Å². The van der Waals surface area contributed by atoms with Crippen molar-refractivity contribution in [3.8, 4) is 0 Å². The third-order valence-electron chi connectivity index (χ3n) is 3.90. The van der Waals surface area contributed by atoms with E-state index >= 15 is 0 Å². The standard InChI is InChI=1S/C17H27N3O.HI/c1-18-17(20(2)13-16-10-12-21-14-16)19-11-6-9-15-7-4-3-5-8-15;/h3-5,7-8,16H,6,9-14H2,1-2H3,(H,18,19);1H. The predicted octanol–water partition coefficient (Wildman–Crippen LogP) is 2.78. The first kappa shape index (κ1) is 19.2. The fraction of sp³-hybridized carbons (Fsp3) is 0.588. The van der Waals surface area contributed by atoms with E-state index in [-0.39, 0.29) is 24.0 Å². The summed E-state index contributed by atoms with van der Waals surface area (Å²) in [5, 5.41) is 3.45. The van der Waals surface area contributed by atoms with Crippen LogP contribution >= 0.6 is 24.0 Å². The highest BCUT2D eigenvalue weighted by molar-refractivity contribution is 14.0. The van der Waals surface area contributed by atoms with Gasteiger partial charge >= 0.3 is 0 Å². The number of halogens is 1. The maximum Gasteiger partial charge on any atom is 0.193 e. The molecule has 1 aliphatic heterocycles. The van der Waals surface area contributed by atoms with E-state index in [0.717, 1.165) is 51.5 Å². The molecule has 0 spiro atoms. The van der Waals surface area contributed by atoms with Gasteiger partial charge in [-0.15, -0.1) is 24.0 Å². The molecule has 1 aromatic rings. The first-order valence-electron chi connectivity index (χ1n) is 7.83. The number of ether oxygens (including phenoxy) is 1. The van der Waals surface area contributed by atoms with Crippen molar-refractivity contribution in [3.05, 3.63) is 35.9 Å². The number of hydrogen-bond acceptors (Lipinski definition) is 2. The van der Waals surface area contributed by atoms with Crippen molar-refractivity contribution < 1.29 is 4.74 Å². The summed E-state index contributed by atoms with van der Waals surface area (Å²) in [6.07, 6.45) is 3.38. The zero-order chi connectivity index (χ0) is 14.9. The van der Waals surface area contributed by atoms with Crippen LogP contribution in [-0.4, -0.2) is 51.3 Å². The van der Waals surface area contributed by atoms with E-state index in [9.17, 15) is 0 Å². The Hall–Kier alpha value is -0.820. The second-order valence-corrected chi connectivity index (χ2v) is 5.67. The lowest BCUT2D eigenvalue weighted by Crippen LogP contribution is -2.41. The molecule has 1 saturated heterocycles. The smallest absolute Gasteiger partial charge is 0.193 e. The number of aliphatic imine (C=N–C) groups is 1. The lowest BCUT2D eigenvalue weighted by molar-refractivity contribution is 0.181. The minimum atomic E-state index is 0. The van der Waals surface area contributed by atoms with E-state index in [2.05, 4.69) is 52.6 Å². The van der Waals surface area contributed by atoms with Crippen LogP contribution in [0, 0.1) is 5.92 Å². The van der Waals surface area contributed by atoms with Gasteiger partial charge in [-0.05, 0) is 24.8 Å². The molecule has 1 N–H and O–H groups in total. The molecule has 1 heterocycles. The van der Waals surface area contributed by atoms with E-state index in [1.165, 1.54) is 5.56 Å². The van der Waals surface area contributed by atoms with Crippen molar-refractivity contribution in [3.63, 3.8) is 0 Å². The fourth-order valence-electron chi connectivity index (χ4n) is 2.72. The van der Waals surface area contributed by atoms with Gasteiger partial charge < -0.3 is 15.0 Å². The van der Waals surface area contributed by atoms with E-state index < -0.39 is 0 Å². The van der Waals surface area contributed by atoms with Crippen LogP contribution in [0.25, 0.3) is 0 Å². The Morgan fingerprint density at radius 1 is 1.36 bits per heavy atom. The third kappa shape index (κ3) is 6.52. The monoisotopic (exact) mass is 417 g/mol. The summed E-state index contributed by atoms with van der Waals surface area (Å²) in [6.45, 7) is 3.75. The highest BCUT2D eigenvalue weighted by Gasteiger charge is 2.18. The zero-order valence-electron chi connectivity index (χ0n) is 13.6. The summed E-state index contributed by atoms with van der Waals surface area (Å²) < 4.78 is 5.43. The molecule has 0 amide bonds. The van der Waals surface area contributed by atoms with E-state index in [4.69, 9.17) is 4.74 Å². The second-order valence-electron chi connectivity index (χ2n) is 5.67. The molecule has 0 aromatic heterocycles. The van der Waals surface area contributed by atoms with Gasteiger partial charge in [-0.3, -0.25) is 4.99 Å². The number of nitrogens with zero attached hydrogens (tertiary/aromatic N) is 2. The summed E-state index contributed by atoms with van der Waals surface area (Å²) in [5.41, 5.74) is 1.39. The molecule has 22 heavy (non-hydrogen) atoms. The maximum absolute atomic E-state index is 5.43. The molecule has 1 aliphatic rings. The number of guanidine groups is 1. The molecule has 0 radical (unpaired) electrons. The SMILES string of the molecule is CN=C(NCCCc1ccccc1)N(C)CC1CCOC1.I. The highest BCUT2D eigenvalue weighted by Crippen LogP contribution is 2.13. The Bertz CT molecular complexity index is 433. The van der Waals surface area contributed by atoms with Gasteiger partial charge in [0.15, 0.2) is 5.96 Å². The molecular formula is C17H28IN3O. The normalized spacial score (nSPS) is 17.9. The van der Waals surface area contributed by atoms with Crippen molar-refractivity contribution in [2.45, 2.75) is 19.3 Å². The van der Waals surface area contributed by atoms with Crippen molar-refractivity contribution in [2.24, 2.45) is 10.9 Å². The van der Waals surface area contributed by atoms with E-state index in [0.29, 0.717) is 5.92 Å². The Kier molecular flexibility index (Phi) is 9.47. The molecule has 1 aromatic carbocycles. The summed E-state index contributed by atoms with van der Waals surface area (Å²) in [6, 6.07) is 10.6. The Morgan fingerprint density at radius 3 is 2.77 bits per heavy atom. The first-order valence-corrected chi connectivity index (χ1v) is 7.83. The molecule has 1 unspecified atom stereocenters. The number of benzene rings is 1.